The topological polar surface area (TPSA) is 178 Å². The van der Waals surface area contributed by atoms with E-state index in [1.165, 1.54) is 12.1 Å². The molecule has 3 fully saturated rings. The zero-order valence-electron chi connectivity index (χ0n) is 18.2. The molecular weight excluding hydrogens is 446 g/mol. The Labute approximate surface area is 193 Å². The van der Waals surface area contributed by atoms with Gasteiger partial charge in [-0.2, -0.15) is 0 Å². The highest BCUT2D eigenvalue weighted by molar-refractivity contribution is 6.31. The third-order valence-electron chi connectivity index (χ3n) is 7.86. The summed E-state index contributed by atoms with van der Waals surface area (Å²) in [6.07, 6.45) is -0.723. The van der Waals surface area contributed by atoms with Gasteiger partial charge in [0.2, 0.25) is 5.91 Å². The lowest BCUT2D eigenvalue weighted by molar-refractivity contribution is -0.199. The molecule has 0 saturated heterocycles. The number of phenols is 1. The van der Waals surface area contributed by atoms with Gasteiger partial charge in [-0.25, -0.2) is 0 Å². The van der Waals surface area contributed by atoms with E-state index >= 15 is 0 Å². The van der Waals surface area contributed by atoms with Gasteiger partial charge in [0.05, 0.1) is 17.4 Å². The van der Waals surface area contributed by atoms with Gasteiger partial charge in [-0.05, 0) is 30.4 Å². The van der Waals surface area contributed by atoms with Crippen LogP contribution in [-0.2, 0) is 28.7 Å². The molecule has 0 spiro atoms. The quantitative estimate of drug-likeness (QED) is 0.400. The zero-order valence-corrected chi connectivity index (χ0v) is 18.2. The SMILES string of the molecule is C[C@H]1c2cccc(O)c2C(=O)C2C(=O)[C@]3(O)C(=O)C(C(N)=O)C(=O)C[C@@H]3[C@@H](OC(=O)C3CC3)[C@@H]21. The Bertz CT molecular complexity index is 1180. The summed E-state index contributed by atoms with van der Waals surface area (Å²) in [7, 11) is 0. The number of carbonyl (C=O) groups is 6. The van der Waals surface area contributed by atoms with Crippen molar-refractivity contribution in [3.8, 4) is 5.75 Å². The summed E-state index contributed by atoms with van der Waals surface area (Å²) in [4.78, 5) is 77.6. The summed E-state index contributed by atoms with van der Waals surface area (Å²) < 4.78 is 5.74. The second-order valence-electron chi connectivity index (χ2n) is 9.73. The van der Waals surface area contributed by atoms with E-state index in [-0.39, 0.29) is 17.2 Å². The van der Waals surface area contributed by atoms with Crippen LogP contribution in [0.3, 0.4) is 0 Å². The number of hydrogen-bond donors (Lipinski definition) is 3. The fourth-order valence-electron chi connectivity index (χ4n) is 5.99. The Morgan fingerprint density at radius 1 is 1.12 bits per heavy atom. The Kier molecular flexibility index (Phi) is 4.81. The van der Waals surface area contributed by atoms with Gasteiger partial charge in [0.1, 0.15) is 11.9 Å². The average molecular weight is 469 g/mol. The molecule has 0 bridgehead atoms. The number of ether oxygens (including phenoxy) is 1. The average Bonchev–Trinajstić information content (AvgIpc) is 3.61. The normalized spacial score (nSPS) is 36.9. The maximum Gasteiger partial charge on any atom is 0.309 e. The molecule has 4 aliphatic carbocycles. The lowest BCUT2D eigenvalue weighted by atomic mass is 9.50. The third kappa shape index (κ3) is 2.84. The van der Waals surface area contributed by atoms with Crippen molar-refractivity contribution in [2.75, 3.05) is 0 Å². The lowest BCUT2D eigenvalue weighted by Crippen LogP contribution is -2.73. The van der Waals surface area contributed by atoms with E-state index in [9.17, 15) is 39.0 Å². The van der Waals surface area contributed by atoms with Crippen molar-refractivity contribution in [2.24, 2.45) is 35.3 Å². The van der Waals surface area contributed by atoms with E-state index in [2.05, 4.69) is 0 Å². The Morgan fingerprint density at radius 3 is 2.41 bits per heavy atom. The fraction of sp³-hybridized carbons (Fsp3) is 0.500. The highest BCUT2D eigenvalue weighted by Crippen LogP contribution is 2.55. The largest absolute Gasteiger partial charge is 0.507 e. The second-order valence-corrected chi connectivity index (χ2v) is 9.73. The molecule has 0 aliphatic heterocycles. The molecule has 4 aliphatic rings. The van der Waals surface area contributed by atoms with Gasteiger partial charge in [0, 0.05) is 18.3 Å². The van der Waals surface area contributed by atoms with Gasteiger partial charge in [-0.15, -0.1) is 0 Å². The van der Waals surface area contributed by atoms with Gasteiger partial charge < -0.3 is 20.7 Å². The Morgan fingerprint density at radius 2 is 1.79 bits per heavy atom. The minimum Gasteiger partial charge on any atom is -0.507 e. The molecule has 4 N–H and O–H groups in total. The summed E-state index contributed by atoms with van der Waals surface area (Å²) in [6, 6.07) is 4.43. The number of amides is 1. The van der Waals surface area contributed by atoms with Crippen molar-refractivity contribution in [3.05, 3.63) is 29.3 Å². The summed E-state index contributed by atoms with van der Waals surface area (Å²) in [5.74, 6) is -13.6. The first-order valence-corrected chi connectivity index (χ1v) is 11.2. The molecule has 7 atom stereocenters. The minimum atomic E-state index is -2.92. The molecule has 0 heterocycles. The maximum atomic E-state index is 13.7. The summed E-state index contributed by atoms with van der Waals surface area (Å²) in [5, 5.41) is 21.9. The number of esters is 1. The van der Waals surface area contributed by atoms with Crippen molar-refractivity contribution in [2.45, 2.75) is 43.8 Å². The number of phenolic OH excluding ortho intramolecular Hbond substituents is 1. The summed E-state index contributed by atoms with van der Waals surface area (Å²) >= 11 is 0. The first-order valence-electron chi connectivity index (χ1n) is 11.2. The number of primary amides is 1. The third-order valence-corrected chi connectivity index (χ3v) is 7.86. The molecule has 10 heteroatoms. The molecular formula is C24H23NO9. The van der Waals surface area contributed by atoms with Crippen molar-refractivity contribution in [3.63, 3.8) is 0 Å². The van der Waals surface area contributed by atoms with Crippen LogP contribution in [0.5, 0.6) is 5.75 Å². The molecule has 178 valence electrons. The van der Waals surface area contributed by atoms with Crippen LogP contribution in [0.4, 0.5) is 0 Å². The molecule has 1 aromatic rings. The standard InChI is InChI=1S/C24H23NO9/c1-8-10-3-2-4-12(26)15(10)18(28)17-14(8)19(34-23(32)9-5-6-9)11-7-13(27)16(22(25)31)20(29)24(11,33)21(17)30/h2-4,8-9,11,14,16-17,19,26,33H,5-7H2,1H3,(H2,25,31)/t8-,11+,14+,16?,17?,19+,24+/m0/s1. The molecule has 34 heavy (non-hydrogen) atoms. The smallest absolute Gasteiger partial charge is 0.309 e. The second kappa shape index (κ2) is 7.30. The van der Waals surface area contributed by atoms with Gasteiger partial charge in [0.25, 0.3) is 0 Å². The van der Waals surface area contributed by atoms with Crippen molar-refractivity contribution in [1.82, 2.24) is 0 Å². The van der Waals surface area contributed by atoms with Gasteiger partial charge in [-0.3, -0.25) is 28.8 Å². The predicted molar refractivity (Wildman–Crippen MR) is 111 cm³/mol. The number of ketones is 4. The van der Waals surface area contributed by atoms with Crippen LogP contribution in [0.1, 0.15) is 48.0 Å². The van der Waals surface area contributed by atoms with Crippen LogP contribution < -0.4 is 5.73 Å². The number of fused-ring (bicyclic) bond motifs is 3. The molecule has 2 unspecified atom stereocenters. The number of Topliss-reactive ketones (excluding diaryl/α,β-unsaturated/α-hetero) is 4. The van der Waals surface area contributed by atoms with Gasteiger partial charge in [-0.1, -0.05) is 19.1 Å². The molecule has 0 radical (unpaired) electrons. The van der Waals surface area contributed by atoms with E-state index in [4.69, 9.17) is 10.5 Å². The van der Waals surface area contributed by atoms with E-state index < -0.39 is 82.7 Å². The number of benzene rings is 1. The van der Waals surface area contributed by atoms with Crippen LogP contribution in [0.15, 0.2) is 18.2 Å². The van der Waals surface area contributed by atoms with E-state index in [0.29, 0.717) is 18.4 Å². The van der Waals surface area contributed by atoms with Crippen LogP contribution in [0.2, 0.25) is 0 Å². The number of aromatic hydroxyl groups is 1. The molecule has 3 saturated carbocycles. The van der Waals surface area contributed by atoms with Crippen LogP contribution in [0.25, 0.3) is 0 Å². The number of hydrogen-bond acceptors (Lipinski definition) is 9. The summed E-state index contributed by atoms with van der Waals surface area (Å²) in [5.41, 5.74) is 2.62. The maximum absolute atomic E-state index is 13.7. The van der Waals surface area contributed by atoms with Crippen molar-refractivity contribution in [1.29, 1.82) is 0 Å². The Balaban J connectivity index is 1.69. The predicted octanol–water partition coefficient (Wildman–Crippen LogP) is -0.180. The molecule has 10 nitrogen and oxygen atoms in total. The van der Waals surface area contributed by atoms with Gasteiger partial charge in [0.15, 0.2) is 34.7 Å². The van der Waals surface area contributed by atoms with Crippen molar-refractivity contribution >= 4 is 35.0 Å². The minimum absolute atomic E-state index is 0.107. The zero-order chi connectivity index (χ0) is 24.7. The number of nitrogens with two attached hydrogens (primary N) is 1. The number of carbonyl (C=O) groups excluding carboxylic acids is 6. The number of aliphatic hydroxyl groups is 1. The van der Waals surface area contributed by atoms with E-state index in [0.717, 1.165) is 0 Å². The molecule has 0 aromatic heterocycles. The van der Waals surface area contributed by atoms with Crippen LogP contribution in [0, 0.1) is 29.6 Å². The first kappa shape index (κ1) is 22.4. The highest BCUT2D eigenvalue weighted by Gasteiger charge is 2.71. The van der Waals surface area contributed by atoms with Crippen LogP contribution in [-0.4, -0.2) is 56.9 Å². The number of rotatable bonds is 3. The van der Waals surface area contributed by atoms with Crippen molar-refractivity contribution < 1.29 is 43.7 Å². The monoisotopic (exact) mass is 469 g/mol. The van der Waals surface area contributed by atoms with Gasteiger partial charge >= 0.3 is 5.97 Å². The molecule has 5 rings (SSSR count). The van der Waals surface area contributed by atoms with E-state index in [1.54, 1.807) is 13.0 Å². The highest BCUT2D eigenvalue weighted by atomic mass is 16.5. The lowest BCUT2D eigenvalue weighted by Gasteiger charge is -2.53. The molecule has 1 amide bonds. The Hall–Kier alpha value is -3.40. The fourth-order valence-corrected chi connectivity index (χ4v) is 5.99. The first-order chi connectivity index (χ1) is 16.0. The van der Waals surface area contributed by atoms with Crippen LogP contribution >= 0.6 is 0 Å². The summed E-state index contributed by atoms with van der Waals surface area (Å²) in [6.45, 7) is 1.69. The molecule has 1 aromatic carbocycles. The van der Waals surface area contributed by atoms with E-state index in [1.807, 2.05) is 0 Å².